The van der Waals surface area contributed by atoms with Crippen LogP contribution >= 0.6 is 15.9 Å². The first-order valence-electron chi connectivity index (χ1n) is 9.86. The predicted octanol–water partition coefficient (Wildman–Crippen LogP) is 5.94. The summed E-state index contributed by atoms with van der Waals surface area (Å²) in [5, 5.41) is 0.956. The summed E-state index contributed by atoms with van der Waals surface area (Å²) in [6.07, 6.45) is 3.37. The molecule has 2 unspecified atom stereocenters. The number of rotatable bonds is 12. The summed E-state index contributed by atoms with van der Waals surface area (Å²) in [5.41, 5.74) is 1.16. The largest absolute Gasteiger partial charge is 0.466 e. The van der Waals surface area contributed by atoms with Crippen LogP contribution < -0.4 is 0 Å². The van der Waals surface area contributed by atoms with Gasteiger partial charge in [0, 0.05) is 30.0 Å². The van der Waals surface area contributed by atoms with E-state index in [4.69, 9.17) is 4.74 Å². The number of alkyl halides is 1. The Bertz CT molecular complexity index is 598. The van der Waals surface area contributed by atoms with E-state index in [0.717, 1.165) is 41.1 Å². The number of benzene rings is 1. The summed E-state index contributed by atoms with van der Waals surface area (Å²) in [6.45, 7) is 11.2. The Morgan fingerprint density at radius 3 is 2.33 bits per heavy atom. The third-order valence-electron chi connectivity index (χ3n) is 4.56. The lowest BCUT2D eigenvalue weighted by molar-refractivity contribution is -0.144. The zero-order chi connectivity index (χ0) is 20.4. The van der Waals surface area contributed by atoms with Crippen molar-refractivity contribution in [1.82, 2.24) is 0 Å². The fraction of sp³-hybridized carbons (Fsp3) is 0.667. The minimum atomic E-state index is -1.46. The number of ether oxygens (including phenoxy) is 1. The molecule has 6 heteroatoms. The fourth-order valence-electron chi connectivity index (χ4n) is 3.22. The van der Waals surface area contributed by atoms with Crippen LogP contribution in [0, 0.1) is 12.8 Å². The first kappa shape index (κ1) is 24.6. The van der Waals surface area contributed by atoms with Crippen LogP contribution in [0.5, 0.6) is 0 Å². The van der Waals surface area contributed by atoms with Gasteiger partial charge < -0.3 is 4.74 Å². The number of hydrogen-bond acceptors (Lipinski definition) is 3. The number of hydrogen-bond donors (Lipinski definition) is 0. The third kappa shape index (κ3) is 9.53. The quantitative estimate of drug-likeness (QED) is 0.163. The van der Waals surface area contributed by atoms with Gasteiger partial charge in [0.05, 0.1) is 17.4 Å². The molecule has 0 saturated heterocycles. The first-order valence-corrected chi connectivity index (χ1v) is 15.9. The van der Waals surface area contributed by atoms with Gasteiger partial charge in [0.15, 0.2) is 0 Å². The molecule has 27 heavy (non-hydrogen) atoms. The lowest BCUT2D eigenvalue weighted by Gasteiger charge is -2.31. The molecule has 154 valence electrons. The maximum absolute atomic E-state index is 13.5. The molecule has 0 bridgehead atoms. The van der Waals surface area contributed by atoms with E-state index in [-0.39, 0.29) is 17.1 Å². The van der Waals surface area contributed by atoms with Crippen molar-refractivity contribution < 1.29 is 13.7 Å². The molecule has 0 heterocycles. The molecular weight excluding hydrogens is 440 g/mol. The maximum Gasteiger partial charge on any atom is 0.306 e. The average molecular weight is 476 g/mol. The van der Waals surface area contributed by atoms with Gasteiger partial charge in [-0.1, -0.05) is 59.7 Å². The van der Waals surface area contributed by atoms with E-state index in [9.17, 15) is 9.00 Å². The summed E-state index contributed by atoms with van der Waals surface area (Å²) in [6, 6.07) is 8.94. The maximum atomic E-state index is 13.5. The van der Waals surface area contributed by atoms with Crippen LogP contribution in [0.25, 0.3) is 0 Å². The summed E-state index contributed by atoms with van der Waals surface area (Å²) < 4.78 is 18.7. The van der Waals surface area contributed by atoms with Crippen LogP contribution in [0.15, 0.2) is 29.2 Å². The standard InChI is InChI=1S/C21H35BrO3SSi/c1-6-25-21(23)15-18(9-7-8-14-22)20(16-27(3,4)5)26(24)19-12-10-17(2)11-13-19/h10-13,18,20H,6-9,14-16H2,1-5H3/t18?,20-,26?/m0/s1. The van der Waals surface area contributed by atoms with Crippen molar-refractivity contribution in [2.24, 2.45) is 5.92 Å². The van der Waals surface area contributed by atoms with Gasteiger partial charge in [0.25, 0.3) is 0 Å². The molecule has 3 atom stereocenters. The zero-order valence-corrected chi connectivity index (χ0v) is 20.8. The van der Waals surface area contributed by atoms with Crippen LogP contribution in [0.4, 0.5) is 0 Å². The molecule has 0 spiro atoms. The van der Waals surface area contributed by atoms with Crippen LogP contribution in [0.1, 0.15) is 38.2 Å². The monoisotopic (exact) mass is 474 g/mol. The molecule has 3 nitrogen and oxygen atoms in total. The second-order valence-electron chi connectivity index (χ2n) is 8.37. The van der Waals surface area contributed by atoms with Crippen LogP contribution in [-0.4, -0.2) is 35.4 Å². The Kier molecular flexibility index (Phi) is 11.1. The second-order valence-corrected chi connectivity index (χ2v) is 16.4. The summed E-state index contributed by atoms with van der Waals surface area (Å²) in [7, 11) is -2.58. The molecule has 0 amide bonds. The fourth-order valence-corrected chi connectivity index (χ4v) is 8.60. The summed E-state index contributed by atoms with van der Waals surface area (Å²) in [4.78, 5) is 13.1. The molecule has 0 saturated carbocycles. The number of halogens is 1. The van der Waals surface area contributed by atoms with Crippen molar-refractivity contribution in [2.45, 2.75) is 75.4 Å². The van der Waals surface area contributed by atoms with E-state index in [2.05, 4.69) is 35.6 Å². The van der Waals surface area contributed by atoms with E-state index < -0.39 is 18.9 Å². The lowest BCUT2D eigenvalue weighted by Crippen LogP contribution is -2.36. The highest BCUT2D eigenvalue weighted by molar-refractivity contribution is 9.09. The zero-order valence-electron chi connectivity index (χ0n) is 17.4. The molecule has 0 N–H and O–H groups in total. The number of aryl methyl sites for hydroxylation is 1. The normalized spacial score (nSPS) is 15.2. The van der Waals surface area contributed by atoms with Gasteiger partial charge in [0.2, 0.25) is 0 Å². The number of carbonyl (C=O) groups is 1. The van der Waals surface area contributed by atoms with Gasteiger partial charge in [-0.25, -0.2) is 0 Å². The Hall–Kier alpha value is -0.463. The van der Waals surface area contributed by atoms with Crippen LogP contribution in [0.3, 0.4) is 0 Å². The van der Waals surface area contributed by atoms with E-state index in [0.29, 0.717) is 13.0 Å². The topological polar surface area (TPSA) is 43.4 Å². The van der Waals surface area contributed by atoms with E-state index in [1.165, 1.54) is 0 Å². The third-order valence-corrected chi connectivity index (χ3v) is 8.92. The molecule has 0 fully saturated rings. The average Bonchev–Trinajstić information content (AvgIpc) is 2.58. The predicted molar refractivity (Wildman–Crippen MR) is 122 cm³/mol. The van der Waals surface area contributed by atoms with Crippen molar-refractivity contribution >= 4 is 40.8 Å². The van der Waals surface area contributed by atoms with E-state index >= 15 is 0 Å². The minimum Gasteiger partial charge on any atom is -0.466 e. The number of carbonyl (C=O) groups excluding carboxylic acids is 1. The molecule has 0 aliphatic carbocycles. The molecule has 1 rings (SSSR count). The molecule has 0 aliphatic rings. The highest BCUT2D eigenvalue weighted by atomic mass is 79.9. The summed E-state index contributed by atoms with van der Waals surface area (Å²) >= 11 is 3.49. The van der Waals surface area contributed by atoms with Crippen molar-refractivity contribution in [3.63, 3.8) is 0 Å². The van der Waals surface area contributed by atoms with Crippen molar-refractivity contribution in [2.75, 3.05) is 11.9 Å². The first-order chi connectivity index (χ1) is 12.7. The smallest absolute Gasteiger partial charge is 0.306 e. The lowest BCUT2D eigenvalue weighted by atomic mass is 9.95. The van der Waals surface area contributed by atoms with Gasteiger partial charge in [-0.3, -0.25) is 9.00 Å². The highest BCUT2D eigenvalue weighted by Gasteiger charge is 2.34. The molecule has 0 aliphatic heterocycles. The SMILES string of the molecule is CCOC(=O)CC(CCCCBr)[C@H](C[Si](C)(C)C)S(=O)c1ccc(C)cc1. The van der Waals surface area contributed by atoms with Gasteiger partial charge in [-0.15, -0.1) is 0 Å². The van der Waals surface area contributed by atoms with E-state index in [1.807, 2.05) is 38.1 Å². The van der Waals surface area contributed by atoms with Gasteiger partial charge in [-0.05, 0) is 50.8 Å². The van der Waals surface area contributed by atoms with Gasteiger partial charge in [0.1, 0.15) is 0 Å². The number of esters is 1. The second kappa shape index (κ2) is 12.2. The molecule has 0 radical (unpaired) electrons. The van der Waals surface area contributed by atoms with Gasteiger partial charge in [-0.2, -0.15) is 0 Å². The number of unbranched alkanes of at least 4 members (excludes halogenated alkanes) is 1. The Morgan fingerprint density at radius 2 is 1.81 bits per heavy atom. The van der Waals surface area contributed by atoms with Crippen molar-refractivity contribution in [3.05, 3.63) is 29.8 Å². The summed E-state index contributed by atoms with van der Waals surface area (Å²) in [5.74, 6) is -0.0696. The van der Waals surface area contributed by atoms with Crippen molar-refractivity contribution in [3.8, 4) is 0 Å². The minimum absolute atomic E-state index is 0.000829. The highest BCUT2D eigenvalue weighted by Crippen LogP contribution is 2.31. The molecule has 1 aromatic carbocycles. The van der Waals surface area contributed by atoms with E-state index in [1.54, 1.807) is 0 Å². The molecule has 1 aromatic rings. The molecule has 0 aromatic heterocycles. The Balaban J connectivity index is 3.12. The Labute approximate surface area is 177 Å². The Morgan fingerprint density at radius 1 is 1.19 bits per heavy atom. The van der Waals surface area contributed by atoms with Gasteiger partial charge >= 0.3 is 5.97 Å². The van der Waals surface area contributed by atoms with Crippen molar-refractivity contribution in [1.29, 1.82) is 0 Å². The van der Waals surface area contributed by atoms with Crippen LogP contribution in [-0.2, 0) is 20.3 Å². The molecular formula is C21H35BrO3SSi. The van der Waals surface area contributed by atoms with Crippen LogP contribution in [0.2, 0.25) is 25.7 Å².